The summed E-state index contributed by atoms with van der Waals surface area (Å²) in [4.78, 5) is 17.7. The lowest BCUT2D eigenvalue weighted by Crippen LogP contribution is -2.29. The van der Waals surface area contributed by atoms with Crippen molar-refractivity contribution in [2.75, 3.05) is 13.2 Å². The van der Waals surface area contributed by atoms with E-state index >= 15 is 0 Å². The fraction of sp³-hybridized carbons (Fsp3) is 0.464. The van der Waals surface area contributed by atoms with E-state index in [1.54, 1.807) is 17.2 Å². The van der Waals surface area contributed by atoms with Crippen LogP contribution in [0.3, 0.4) is 0 Å². The molecule has 0 aliphatic rings. The van der Waals surface area contributed by atoms with Gasteiger partial charge in [-0.25, -0.2) is 4.99 Å². The number of aliphatic imine (C=N–C) groups is 1. The molecule has 1 aromatic rings. The fourth-order valence-corrected chi connectivity index (χ4v) is 3.29. The van der Waals surface area contributed by atoms with Gasteiger partial charge < -0.3 is 9.63 Å². The first-order valence-electron chi connectivity index (χ1n) is 12.1. The van der Waals surface area contributed by atoms with E-state index in [0.717, 1.165) is 55.5 Å². The average molecular weight is 468 g/mol. The molecule has 1 N–H and O–H groups in total. The van der Waals surface area contributed by atoms with Gasteiger partial charge in [-0.15, -0.1) is 6.58 Å². The monoisotopic (exact) mass is 467 g/mol. The number of amidine groups is 1. The molecular weight excluding hydrogens is 426 g/mol. The number of aliphatic hydroxyl groups is 1. The largest absolute Gasteiger partial charge is 0.396 e. The van der Waals surface area contributed by atoms with Crippen molar-refractivity contribution < 1.29 is 14.4 Å². The molecule has 0 bridgehead atoms. The van der Waals surface area contributed by atoms with Crippen molar-refractivity contribution in [3.8, 4) is 0 Å². The number of carbonyl (C=O) groups is 1. The maximum Gasteiger partial charge on any atom is 0.215 e. The van der Waals surface area contributed by atoms with Gasteiger partial charge in [0.1, 0.15) is 17.3 Å². The predicted octanol–water partition coefficient (Wildman–Crippen LogP) is 6.59. The minimum absolute atomic E-state index is 0.169. The van der Waals surface area contributed by atoms with Crippen LogP contribution in [-0.4, -0.2) is 40.6 Å². The van der Waals surface area contributed by atoms with Crippen LogP contribution in [0.2, 0.25) is 0 Å². The molecule has 0 aromatic carbocycles. The number of hydrogen-bond donors (Lipinski definition) is 1. The molecule has 6 nitrogen and oxygen atoms in total. The van der Waals surface area contributed by atoms with Crippen LogP contribution in [0.4, 0.5) is 0 Å². The van der Waals surface area contributed by atoms with Crippen LogP contribution >= 0.6 is 0 Å². The van der Waals surface area contributed by atoms with E-state index in [2.05, 4.69) is 35.8 Å². The van der Waals surface area contributed by atoms with Crippen LogP contribution in [0.1, 0.15) is 83.6 Å². The second-order valence-corrected chi connectivity index (χ2v) is 8.33. The molecule has 1 heterocycles. The summed E-state index contributed by atoms with van der Waals surface area (Å²) in [6.45, 7) is 12.5. The first-order chi connectivity index (χ1) is 16.5. The second kappa shape index (κ2) is 17.5. The predicted molar refractivity (Wildman–Crippen MR) is 141 cm³/mol. The lowest BCUT2D eigenvalue weighted by atomic mass is 9.98. The van der Waals surface area contributed by atoms with Crippen molar-refractivity contribution in [3.63, 3.8) is 0 Å². The van der Waals surface area contributed by atoms with Crippen molar-refractivity contribution in [1.29, 1.82) is 0 Å². The minimum Gasteiger partial charge on any atom is -0.396 e. The third kappa shape index (κ3) is 10.8. The average Bonchev–Trinajstić information content (AvgIpc) is 3.31. The second-order valence-electron chi connectivity index (χ2n) is 8.33. The Balaban J connectivity index is 3.21. The van der Waals surface area contributed by atoms with Gasteiger partial charge >= 0.3 is 0 Å². The first-order valence-corrected chi connectivity index (χ1v) is 12.1. The lowest BCUT2D eigenvalue weighted by Gasteiger charge is -2.17. The molecule has 6 heteroatoms. The van der Waals surface area contributed by atoms with E-state index in [1.165, 1.54) is 5.57 Å². The molecule has 1 amide bonds. The molecule has 1 unspecified atom stereocenters. The zero-order valence-corrected chi connectivity index (χ0v) is 21.2. The smallest absolute Gasteiger partial charge is 0.215 e. The number of rotatable bonds is 16. The molecule has 1 aromatic heterocycles. The van der Waals surface area contributed by atoms with E-state index < -0.39 is 0 Å². The first kappa shape index (κ1) is 29.0. The number of amides is 1. The standard InChI is InChI=1S/C28H41N3O3/c1-6-9-13-24(8-3)27-21-26(30-34-27)25(16-15-23(4)5)17-18-29-28(14-11-10-12-20-32)31(22-33)19-7-2/h6-7,9,15-18,21-22,24,32H,2,8,10-14,19-20H2,1,3-5H3/b9-6-,18-17+,25-16+,29-28-. The van der Waals surface area contributed by atoms with E-state index in [0.29, 0.717) is 18.8 Å². The van der Waals surface area contributed by atoms with Crippen molar-refractivity contribution >= 4 is 17.8 Å². The third-order valence-corrected chi connectivity index (χ3v) is 5.29. The van der Waals surface area contributed by atoms with Gasteiger partial charge in [-0.2, -0.15) is 0 Å². The molecule has 0 saturated carbocycles. The number of aliphatic hydroxyl groups excluding tert-OH is 1. The summed E-state index contributed by atoms with van der Waals surface area (Å²) in [7, 11) is 0. The van der Waals surface area contributed by atoms with Crippen LogP contribution in [0.25, 0.3) is 5.57 Å². The Morgan fingerprint density at radius 2 is 2.09 bits per heavy atom. The number of carbonyl (C=O) groups excluding carboxylic acids is 1. The molecule has 0 spiro atoms. The van der Waals surface area contributed by atoms with E-state index in [1.807, 2.05) is 45.1 Å². The van der Waals surface area contributed by atoms with Crippen LogP contribution in [-0.2, 0) is 4.79 Å². The van der Waals surface area contributed by atoms with Crippen molar-refractivity contribution in [2.24, 2.45) is 4.99 Å². The van der Waals surface area contributed by atoms with Crippen LogP contribution in [0.15, 0.2) is 70.4 Å². The summed E-state index contributed by atoms with van der Waals surface area (Å²) in [6, 6.07) is 2.00. The quantitative estimate of drug-likeness (QED) is 0.0742. The number of hydrogen-bond acceptors (Lipinski definition) is 5. The highest BCUT2D eigenvalue weighted by atomic mass is 16.5. The molecule has 0 aliphatic heterocycles. The van der Waals surface area contributed by atoms with Crippen LogP contribution in [0.5, 0.6) is 0 Å². The molecule has 0 fully saturated rings. The number of allylic oxidation sites excluding steroid dienone is 7. The lowest BCUT2D eigenvalue weighted by molar-refractivity contribution is -0.114. The molecule has 34 heavy (non-hydrogen) atoms. The summed E-state index contributed by atoms with van der Waals surface area (Å²) in [5.74, 6) is 1.83. The summed E-state index contributed by atoms with van der Waals surface area (Å²) in [5, 5.41) is 13.3. The zero-order chi connectivity index (χ0) is 25.2. The summed E-state index contributed by atoms with van der Waals surface area (Å²) in [6.07, 6.45) is 19.3. The Kier molecular flexibility index (Phi) is 14.9. The number of unbranched alkanes of at least 4 members (excludes halogenated alkanes) is 2. The van der Waals surface area contributed by atoms with Crippen molar-refractivity contribution in [1.82, 2.24) is 10.1 Å². The SMILES string of the molecule is C=CCN(C=O)\C(CCCCCO)=N/C=C/C(=C\C=C(C)C)c1cc(C(CC)C/C=C\C)on1. The van der Waals surface area contributed by atoms with Crippen LogP contribution < -0.4 is 0 Å². The highest BCUT2D eigenvalue weighted by Gasteiger charge is 2.15. The Morgan fingerprint density at radius 3 is 2.71 bits per heavy atom. The van der Waals surface area contributed by atoms with Crippen molar-refractivity contribution in [2.45, 2.75) is 72.1 Å². The zero-order valence-electron chi connectivity index (χ0n) is 21.2. The van der Waals surface area contributed by atoms with Gasteiger partial charge in [0.25, 0.3) is 0 Å². The third-order valence-electron chi connectivity index (χ3n) is 5.29. The highest BCUT2D eigenvalue weighted by molar-refractivity contribution is 5.91. The van der Waals surface area contributed by atoms with Gasteiger partial charge in [0.15, 0.2) is 0 Å². The van der Waals surface area contributed by atoms with Gasteiger partial charge in [0.2, 0.25) is 6.41 Å². The Labute approximate surface area is 205 Å². The molecular formula is C28H41N3O3. The summed E-state index contributed by atoms with van der Waals surface area (Å²) in [5.41, 5.74) is 2.79. The molecule has 1 atom stereocenters. The Hall–Kier alpha value is -2.99. The number of aromatic nitrogens is 1. The normalized spacial score (nSPS) is 13.4. The van der Waals surface area contributed by atoms with Gasteiger partial charge in [-0.1, -0.05) is 54.5 Å². The van der Waals surface area contributed by atoms with Gasteiger partial charge in [-0.3, -0.25) is 9.69 Å². The molecule has 186 valence electrons. The topological polar surface area (TPSA) is 78.9 Å². The van der Waals surface area contributed by atoms with Gasteiger partial charge in [0, 0.05) is 43.3 Å². The van der Waals surface area contributed by atoms with E-state index in [4.69, 9.17) is 9.63 Å². The van der Waals surface area contributed by atoms with Crippen LogP contribution in [0, 0.1) is 0 Å². The van der Waals surface area contributed by atoms with E-state index in [-0.39, 0.29) is 12.5 Å². The van der Waals surface area contributed by atoms with Crippen molar-refractivity contribution in [3.05, 3.63) is 72.3 Å². The Bertz CT molecular complexity index is 886. The maximum absolute atomic E-state index is 11.6. The van der Waals surface area contributed by atoms with E-state index in [9.17, 15) is 4.79 Å². The Morgan fingerprint density at radius 1 is 1.29 bits per heavy atom. The number of nitrogens with zero attached hydrogens (tertiary/aromatic N) is 3. The molecule has 0 saturated heterocycles. The summed E-state index contributed by atoms with van der Waals surface area (Å²) >= 11 is 0. The highest BCUT2D eigenvalue weighted by Crippen LogP contribution is 2.27. The minimum atomic E-state index is 0.169. The van der Waals surface area contributed by atoms with Gasteiger partial charge in [0.05, 0.1) is 0 Å². The fourth-order valence-electron chi connectivity index (χ4n) is 3.29. The maximum atomic E-state index is 11.6. The molecule has 1 rings (SSSR count). The molecule has 0 radical (unpaired) electrons. The molecule has 0 aliphatic carbocycles. The van der Waals surface area contributed by atoms with Gasteiger partial charge in [-0.05, 0) is 52.5 Å². The summed E-state index contributed by atoms with van der Waals surface area (Å²) < 4.78 is 5.69.